The van der Waals surface area contributed by atoms with Crippen LogP contribution in [0.25, 0.3) is 10.8 Å². The predicted molar refractivity (Wildman–Crippen MR) is 95.5 cm³/mol. The first-order valence-corrected chi connectivity index (χ1v) is 7.96. The summed E-state index contributed by atoms with van der Waals surface area (Å²) in [5.74, 6) is 2.13. The minimum absolute atomic E-state index is 0.416. The molecule has 6 nitrogen and oxygen atoms in total. The van der Waals surface area contributed by atoms with Crippen LogP contribution in [0.1, 0.15) is 11.3 Å². The SMILES string of the molecule is COCCOc1cc2c(Cl)nc(Nc3cc(C)[nH]n3)cc2cc1C. The van der Waals surface area contributed by atoms with Gasteiger partial charge in [0.25, 0.3) is 0 Å². The summed E-state index contributed by atoms with van der Waals surface area (Å²) < 4.78 is 10.7. The Morgan fingerprint density at radius 2 is 1.96 bits per heavy atom. The number of aromatic nitrogens is 3. The zero-order valence-electron chi connectivity index (χ0n) is 13.8. The van der Waals surface area contributed by atoms with Crippen LogP contribution >= 0.6 is 11.6 Å². The molecule has 2 N–H and O–H groups in total. The summed E-state index contributed by atoms with van der Waals surface area (Å²) in [4.78, 5) is 4.39. The van der Waals surface area contributed by atoms with E-state index in [-0.39, 0.29) is 0 Å². The van der Waals surface area contributed by atoms with E-state index in [1.165, 1.54) is 0 Å². The van der Waals surface area contributed by atoms with Gasteiger partial charge in [-0.3, -0.25) is 5.10 Å². The maximum Gasteiger partial charge on any atom is 0.153 e. The smallest absolute Gasteiger partial charge is 0.153 e. The molecule has 3 aromatic rings. The molecule has 0 aliphatic carbocycles. The van der Waals surface area contributed by atoms with Gasteiger partial charge in [-0.05, 0) is 43.0 Å². The topological polar surface area (TPSA) is 72.1 Å². The zero-order chi connectivity index (χ0) is 17.1. The molecule has 1 aromatic carbocycles. The first-order valence-electron chi connectivity index (χ1n) is 7.58. The van der Waals surface area contributed by atoms with Gasteiger partial charge < -0.3 is 14.8 Å². The van der Waals surface area contributed by atoms with E-state index in [4.69, 9.17) is 21.1 Å². The van der Waals surface area contributed by atoms with Gasteiger partial charge in [-0.2, -0.15) is 5.10 Å². The summed E-state index contributed by atoms with van der Waals surface area (Å²) in [5, 5.41) is 12.4. The Kier molecular flexibility index (Phi) is 4.87. The van der Waals surface area contributed by atoms with E-state index in [9.17, 15) is 0 Å². The van der Waals surface area contributed by atoms with Crippen molar-refractivity contribution in [1.82, 2.24) is 15.2 Å². The molecular weight excluding hydrogens is 328 g/mol. The van der Waals surface area contributed by atoms with E-state index >= 15 is 0 Å². The van der Waals surface area contributed by atoms with Crippen molar-refractivity contribution < 1.29 is 9.47 Å². The molecule has 0 saturated carbocycles. The van der Waals surface area contributed by atoms with Gasteiger partial charge in [-0.1, -0.05) is 11.6 Å². The second-order valence-electron chi connectivity index (χ2n) is 5.54. The third kappa shape index (κ3) is 3.60. The summed E-state index contributed by atoms with van der Waals surface area (Å²) in [7, 11) is 1.65. The average molecular weight is 347 g/mol. The van der Waals surface area contributed by atoms with Crippen LogP contribution in [-0.2, 0) is 4.74 Å². The van der Waals surface area contributed by atoms with Gasteiger partial charge >= 0.3 is 0 Å². The fourth-order valence-corrected chi connectivity index (χ4v) is 2.68. The van der Waals surface area contributed by atoms with Gasteiger partial charge in [0.1, 0.15) is 23.3 Å². The van der Waals surface area contributed by atoms with E-state index in [2.05, 4.69) is 20.5 Å². The number of benzene rings is 1. The highest BCUT2D eigenvalue weighted by molar-refractivity contribution is 6.34. The van der Waals surface area contributed by atoms with Gasteiger partial charge in [0.2, 0.25) is 0 Å². The quantitative estimate of drug-likeness (QED) is 0.521. The minimum atomic E-state index is 0.416. The summed E-state index contributed by atoms with van der Waals surface area (Å²) in [5.41, 5.74) is 2.00. The number of H-pyrrole nitrogens is 1. The highest BCUT2D eigenvalue weighted by atomic mass is 35.5. The Balaban J connectivity index is 1.91. The van der Waals surface area contributed by atoms with Crippen molar-refractivity contribution in [2.75, 3.05) is 25.6 Å². The van der Waals surface area contributed by atoms with Gasteiger partial charge in [0.15, 0.2) is 5.82 Å². The monoisotopic (exact) mass is 346 g/mol. The number of ether oxygens (including phenoxy) is 2. The van der Waals surface area contributed by atoms with Crippen molar-refractivity contribution in [1.29, 1.82) is 0 Å². The molecule has 0 aliphatic rings. The minimum Gasteiger partial charge on any atom is -0.491 e. The van der Waals surface area contributed by atoms with E-state index in [1.807, 2.05) is 38.1 Å². The van der Waals surface area contributed by atoms with Crippen molar-refractivity contribution in [2.24, 2.45) is 0 Å². The zero-order valence-corrected chi connectivity index (χ0v) is 14.6. The molecule has 0 atom stereocenters. The van der Waals surface area contributed by atoms with Crippen LogP contribution in [0.3, 0.4) is 0 Å². The fraction of sp³-hybridized carbons (Fsp3) is 0.294. The average Bonchev–Trinajstić information content (AvgIpc) is 2.93. The Morgan fingerprint density at radius 1 is 1.12 bits per heavy atom. The lowest BCUT2D eigenvalue weighted by molar-refractivity contribution is 0.146. The Bertz CT molecular complexity index is 863. The molecule has 0 amide bonds. The highest BCUT2D eigenvalue weighted by Gasteiger charge is 2.10. The molecule has 0 aliphatic heterocycles. The van der Waals surface area contributed by atoms with E-state index < -0.39 is 0 Å². The molecule has 7 heteroatoms. The summed E-state index contributed by atoms with van der Waals surface area (Å²) in [6.45, 7) is 4.97. The number of anilines is 2. The number of nitrogens with zero attached hydrogens (tertiary/aromatic N) is 2. The number of hydrogen-bond donors (Lipinski definition) is 2. The molecule has 0 unspecified atom stereocenters. The molecule has 0 fully saturated rings. The molecule has 0 spiro atoms. The Hall–Kier alpha value is -2.31. The van der Waals surface area contributed by atoms with Crippen LogP contribution in [-0.4, -0.2) is 35.5 Å². The maximum atomic E-state index is 6.36. The number of halogens is 1. The van der Waals surface area contributed by atoms with Crippen LogP contribution in [0.4, 0.5) is 11.6 Å². The molecule has 0 radical (unpaired) electrons. The second kappa shape index (κ2) is 7.07. The van der Waals surface area contributed by atoms with Crippen LogP contribution < -0.4 is 10.1 Å². The number of nitrogens with one attached hydrogen (secondary N) is 2. The van der Waals surface area contributed by atoms with Crippen molar-refractivity contribution in [2.45, 2.75) is 13.8 Å². The lowest BCUT2D eigenvalue weighted by Crippen LogP contribution is -2.05. The molecular formula is C17H19ClN4O2. The Labute approximate surface area is 145 Å². The first kappa shape index (κ1) is 16.5. The maximum absolute atomic E-state index is 6.36. The standard InChI is InChI=1S/C17H19ClN4O2/c1-10-6-12-8-15(19-16-7-11(2)21-22-16)20-17(18)13(12)9-14(10)24-5-4-23-3/h6-9H,4-5H2,1-3H3,(H2,19,20,21,22). The number of aromatic amines is 1. The number of fused-ring (bicyclic) bond motifs is 1. The van der Waals surface area contributed by atoms with Crippen molar-refractivity contribution in [3.63, 3.8) is 0 Å². The summed E-state index contributed by atoms with van der Waals surface area (Å²) in [6.07, 6.45) is 0. The second-order valence-corrected chi connectivity index (χ2v) is 5.90. The molecule has 0 bridgehead atoms. The molecule has 0 saturated heterocycles. The van der Waals surface area contributed by atoms with Gasteiger partial charge in [-0.15, -0.1) is 0 Å². The van der Waals surface area contributed by atoms with Crippen molar-refractivity contribution in [3.8, 4) is 5.75 Å². The number of rotatable bonds is 6. The lowest BCUT2D eigenvalue weighted by Gasteiger charge is -2.12. The van der Waals surface area contributed by atoms with Crippen molar-refractivity contribution in [3.05, 3.63) is 40.7 Å². The molecule has 126 valence electrons. The van der Waals surface area contributed by atoms with E-state index in [0.717, 1.165) is 27.8 Å². The predicted octanol–water partition coefficient (Wildman–Crippen LogP) is 4.00. The first-order chi connectivity index (χ1) is 11.6. The normalized spacial score (nSPS) is 11.0. The number of methoxy groups -OCH3 is 1. The van der Waals surface area contributed by atoms with E-state index in [0.29, 0.717) is 30.0 Å². The van der Waals surface area contributed by atoms with Gasteiger partial charge in [0.05, 0.1) is 6.61 Å². The largest absolute Gasteiger partial charge is 0.491 e. The highest BCUT2D eigenvalue weighted by Crippen LogP contribution is 2.31. The molecule has 2 aromatic heterocycles. The number of aryl methyl sites for hydroxylation is 2. The van der Waals surface area contributed by atoms with Crippen LogP contribution in [0.15, 0.2) is 24.3 Å². The van der Waals surface area contributed by atoms with Crippen molar-refractivity contribution >= 4 is 34.0 Å². The summed E-state index contributed by atoms with van der Waals surface area (Å²) >= 11 is 6.36. The van der Waals surface area contributed by atoms with Crippen LogP contribution in [0.2, 0.25) is 5.15 Å². The van der Waals surface area contributed by atoms with E-state index in [1.54, 1.807) is 7.11 Å². The molecule has 24 heavy (non-hydrogen) atoms. The number of pyridine rings is 1. The van der Waals surface area contributed by atoms with Gasteiger partial charge in [-0.25, -0.2) is 4.98 Å². The number of hydrogen-bond acceptors (Lipinski definition) is 5. The van der Waals surface area contributed by atoms with Crippen LogP contribution in [0.5, 0.6) is 5.75 Å². The molecule has 2 heterocycles. The third-order valence-corrected chi connectivity index (χ3v) is 3.88. The van der Waals surface area contributed by atoms with Crippen LogP contribution in [0, 0.1) is 13.8 Å². The van der Waals surface area contributed by atoms with Gasteiger partial charge in [0, 0.05) is 24.3 Å². The fourth-order valence-electron chi connectivity index (χ4n) is 2.42. The Morgan fingerprint density at radius 3 is 2.67 bits per heavy atom. The third-order valence-electron chi connectivity index (χ3n) is 3.59. The lowest BCUT2D eigenvalue weighted by atomic mass is 10.1. The summed E-state index contributed by atoms with van der Waals surface area (Å²) in [6, 6.07) is 7.79. The molecule has 3 rings (SSSR count).